The van der Waals surface area contributed by atoms with Crippen LogP contribution in [0, 0.1) is 3.57 Å². The van der Waals surface area contributed by atoms with Crippen molar-refractivity contribution in [2.75, 3.05) is 5.32 Å². The Bertz CT molecular complexity index is 589. The van der Waals surface area contributed by atoms with Gasteiger partial charge in [0.2, 0.25) is 11.8 Å². The summed E-state index contributed by atoms with van der Waals surface area (Å²) in [7, 11) is 0. The molecule has 0 aromatic heterocycles. The van der Waals surface area contributed by atoms with Crippen molar-refractivity contribution >= 4 is 57.0 Å². The molecule has 2 N–H and O–H groups in total. The summed E-state index contributed by atoms with van der Waals surface area (Å²) in [5.74, 6) is -0.316. The second-order valence-corrected chi connectivity index (χ2v) is 7.48. The minimum Gasteiger partial charge on any atom is -0.326 e. The number of amidine groups is 1. The van der Waals surface area contributed by atoms with E-state index in [0.717, 1.165) is 15.7 Å². The molecule has 0 unspecified atom stereocenters. The van der Waals surface area contributed by atoms with Crippen LogP contribution in [0.3, 0.4) is 0 Å². The lowest BCUT2D eigenvalue weighted by Gasteiger charge is -2.07. The molecule has 22 heavy (non-hydrogen) atoms. The first-order valence-corrected chi connectivity index (χ1v) is 9.04. The second kappa shape index (κ2) is 7.96. The predicted octanol–water partition coefficient (Wildman–Crippen LogP) is 3.01. The molecule has 118 valence electrons. The first-order valence-electron chi connectivity index (χ1n) is 7.08. The summed E-state index contributed by atoms with van der Waals surface area (Å²) in [4.78, 5) is 28.3. The lowest BCUT2D eigenvalue weighted by Crippen LogP contribution is -2.28. The summed E-state index contributed by atoms with van der Waals surface area (Å²) in [5, 5.41) is 5.75. The molecule has 0 aliphatic carbocycles. The molecule has 2 rings (SSSR count). The molecule has 0 bridgehead atoms. The average molecular weight is 431 g/mol. The highest BCUT2D eigenvalue weighted by Crippen LogP contribution is 2.23. The molecule has 2 atom stereocenters. The van der Waals surface area contributed by atoms with Crippen LogP contribution in [0.5, 0.6) is 0 Å². The van der Waals surface area contributed by atoms with Crippen LogP contribution in [0.25, 0.3) is 0 Å². The number of hydrogen-bond donors (Lipinski definition) is 2. The number of aliphatic imine (C=N–C) groups is 1. The number of carbonyl (C=O) groups excluding carboxylic acids is 2. The molecular weight excluding hydrogens is 413 g/mol. The van der Waals surface area contributed by atoms with Crippen LogP contribution in [-0.4, -0.2) is 28.3 Å². The van der Waals surface area contributed by atoms with E-state index in [4.69, 9.17) is 0 Å². The van der Waals surface area contributed by atoms with Gasteiger partial charge in [-0.2, -0.15) is 0 Å². The molecule has 0 spiro atoms. The molecule has 5 nitrogen and oxygen atoms in total. The fraction of sp³-hybridized carbons (Fsp3) is 0.400. The lowest BCUT2D eigenvalue weighted by molar-refractivity contribution is -0.122. The Morgan fingerprint density at radius 1 is 1.45 bits per heavy atom. The maximum atomic E-state index is 12.0. The number of hydrogen-bond acceptors (Lipinski definition) is 4. The smallest absolute Gasteiger partial charge is 0.240 e. The van der Waals surface area contributed by atoms with Crippen molar-refractivity contribution in [2.24, 2.45) is 4.99 Å². The minimum atomic E-state index is -0.411. The van der Waals surface area contributed by atoms with E-state index in [0.29, 0.717) is 5.17 Å². The summed E-state index contributed by atoms with van der Waals surface area (Å²) in [6, 6.07) is 7.70. The summed E-state index contributed by atoms with van der Waals surface area (Å²) in [6.45, 7) is 4.04. The standard InChI is InChI=1S/C15H18IN3O2S/c1-3-9(2)17-15-19-14(21)12(22-15)8-13(20)18-11-6-4-10(16)5-7-11/h4-7,9,12H,3,8H2,1-2H3,(H,18,20)(H,17,19,21)/t9-,12-/m1/s1. The van der Waals surface area contributed by atoms with Gasteiger partial charge in [0.1, 0.15) is 5.25 Å². The Morgan fingerprint density at radius 3 is 2.77 bits per heavy atom. The van der Waals surface area contributed by atoms with Gasteiger partial charge in [-0.1, -0.05) is 18.7 Å². The predicted molar refractivity (Wildman–Crippen MR) is 99.1 cm³/mol. The summed E-state index contributed by atoms with van der Waals surface area (Å²) < 4.78 is 1.10. The van der Waals surface area contributed by atoms with Crippen LogP contribution in [0.4, 0.5) is 5.69 Å². The van der Waals surface area contributed by atoms with Gasteiger partial charge in [-0.3, -0.25) is 14.6 Å². The topological polar surface area (TPSA) is 70.6 Å². The van der Waals surface area contributed by atoms with Gasteiger partial charge in [-0.15, -0.1) is 0 Å². The molecule has 1 heterocycles. The Labute approximate surface area is 147 Å². The number of benzene rings is 1. The highest BCUT2D eigenvalue weighted by Gasteiger charge is 2.32. The molecule has 0 saturated carbocycles. The zero-order chi connectivity index (χ0) is 16.1. The minimum absolute atomic E-state index is 0.141. The third-order valence-corrected chi connectivity index (χ3v) is 5.02. The number of anilines is 1. The van der Waals surface area contributed by atoms with E-state index in [2.05, 4.69) is 38.2 Å². The summed E-state index contributed by atoms with van der Waals surface area (Å²) >= 11 is 3.54. The third kappa shape index (κ3) is 4.98. The molecule has 1 aromatic rings. The van der Waals surface area contributed by atoms with E-state index in [-0.39, 0.29) is 24.3 Å². The third-order valence-electron chi connectivity index (χ3n) is 3.20. The van der Waals surface area contributed by atoms with Gasteiger partial charge in [0.05, 0.1) is 0 Å². The lowest BCUT2D eigenvalue weighted by atomic mass is 10.2. The zero-order valence-corrected chi connectivity index (χ0v) is 15.4. The van der Waals surface area contributed by atoms with E-state index >= 15 is 0 Å². The Balaban J connectivity index is 1.90. The molecule has 1 aromatic carbocycles. The highest BCUT2D eigenvalue weighted by atomic mass is 127. The fourth-order valence-electron chi connectivity index (χ4n) is 1.81. The van der Waals surface area contributed by atoms with Crippen molar-refractivity contribution in [3.8, 4) is 0 Å². The number of nitrogens with zero attached hydrogens (tertiary/aromatic N) is 1. The number of halogens is 1. The quantitative estimate of drug-likeness (QED) is 0.705. The van der Waals surface area contributed by atoms with Gasteiger partial charge in [0, 0.05) is 21.7 Å². The van der Waals surface area contributed by atoms with Crippen molar-refractivity contribution in [3.63, 3.8) is 0 Å². The van der Waals surface area contributed by atoms with Gasteiger partial charge in [0.15, 0.2) is 5.17 Å². The first kappa shape index (κ1) is 17.3. The van der Waals surface area contributed by atoms with Crippen LogP contribution < -0.4 is 10.6 Å². The van der Waals surface area contributed by atoms with Crippen LogP contribution >= 0.6 is 34.4 Å². The normalized spacial score (nSPS) is 20.8. The molecule has 1 aliphatic heterocycles. The largest absolute Gasteiger partial charge is 0.326 e. The van der Waals surface area contributed by atoms with Crippen molar-refractivity contribution in [3.05, 3.63) is 27.8 Å². The van der Waals surface area contributed by atoms with Crippen molar-refractivity contribution in [2.45, 2.75) is 38.0 Å². The van der Waals surface area contributed by atoms with Crippen molar-refractivity contribution < 1.29 is 9.59 Å². The molecule has 2 amide bonds. The van der Waals surface area contributed by atoms with Gasteiger partial charge in [-0.25, -0.2) is 0 Å². The summed E-state index contributed by atoms with van der Waals surface area (Å²) in [6.07, 6.45) is 1.06. The molecule has 1 saturated heterocycles. The van der Waals surface area contributed by atoms with Crippen LogP contribution in [0.15, 0.2) is 29.3 Å². The number of thioether (sulfide) groups is 1. The molecule has 7 heteroatoms. The number of amides is 2. The van der Waals surface area contributed by atoms with Crippen molar-refractivity contribution in [1.29, 1.82) is 0 Å². The van der Waals surface area contributed by atoms with E-state index in [1.54, 1.807) is 0 Å². The zero-order valence-electron chi connectivity index (χ0n) is 12.4. The van der Waals surface area contributed by atoms with Crippen LogP contribution in [-0.2, 0) is 9.59 Å². The number of rotatable bonds is 5. The van der Waals surface area contributed by atoms with E-state index in [1.807, 2.05) is 38.1 Å². The van der Waals surface area contributed by atoms with Crippen molar-refractivity contribution in [1.82, 2.24) is 5.32 Å². The van der Waals surface area contributed by atoms with Gasteiger partial charge < -0.3 is 10.6 Å². The molecule has 0 radical (unpaired) electrons. The molecular formula is C15H18IN3O2S. The maximum Gasteiger partial charge on any atom is 0.240 e. The molecule has 1 aliphatic rings. The Hall–Kier alpha value is -1.09. The monoisotopic (exact) mass is 431 g/mol. The van der Waals surface area contributed by atoms with E-state index in [1.165, 1.54) is 11.8 Å². The van der Waals surface area contributed by atoms with Gasteiger partial charge >= 0.3 is 0 Å². The van der Waals surface area contributed by atoms with Gasteiger partial charge in [-0.05, 0) is 60.2 Å². The van der Waals surface area contributed by atoms with Gasteiger partial charge in [0.25, 0.3) is 0 Å². The fourth-order valence-corrected chi connectivity index (χ4v) is 3.24. The number of carbonyl (C=O) groups is 2. The Morgan fingerprint density at radius 2 is 2.14 bits per heavy atom. The Kier molecular flexibility index (Phi) is 6.25. The van der Waals surface area contributed by atoms with E-state index < -0.39 is 5.25 Å². The highest BCUT2D eigenvalue weighted by molar-refractivity contribution is 14.1. The first-order chi connectivity index (χ1) is 10.5. The molecule has 1 fully saturated rings. The van der Waals surface area contributed by atoms with Crippen LogP contribution in [0.2, 0.25) is 0 Å². The van der Waals surface area contributed by atoms with Crippen LogP contribution in [0.1, 0.15) is 26.7 Å². The maximum absolute atomic E-state index is 12.0. The van der Waals surface area contributed by atoms with E-state index in [9.17, 15) is 9.59 Å². The summed E-state index contributed by atoms with van der Waals surface area (Å²) in [5.41, 5.74) is 0.738. The number of nitrogens with one attached hydrogen (secondary N) is 2. The average Bonchev–Trinajstić information content (AvgIpc) is 2.81. The SMILES string of the molecule is CC[C@@H](C)N=C1NC(=O)[C@@H](CC(=O)Nc2ccc(I)cc2)S1. The second-order valence-electron chi connectivity index (χ2n) is 5.05.